The zero-order chi connectivity index (χ0) is 28.6. The number of phenolic OH excluding ortho intramolecular Hbond substituents is 1. The van der Waals surface area contributed by atoms with Crippen molar-refractivity contribution in [3.63, 3.8) is 0 Å². The van der Waals surface area contributed by atoms with Gasteiger partial charge in [0.15, 0.2) is 0 Å². The number of benzene rings is 2. The summed E-state index contributed by atoms with van der Waals surface area (Å²) in [7, 11) is 0. The predicted molar refractivity (Wildman–Crippen MR) is 150 cm³/mol. The summed E-state index contributed by atoms with van der Waals surface area (Å²) in [5.74, 6) is -1.12. The largest absolute Gasteiger partial charge is 0.508 e. The lowest BCUT2D eigenvalue weighted by molar-refractivity contribution is -0.141. The summed E-state index contributed by atoms with van der Waals surface area (Å²) in [5, 5.41) is 15.9. The highest BCUT2D eigenvalue weighted by molar-refractivity contribution is 6.34. The van der Waals surface area contributed by atoms with Crippen LogP contribution in [0.15, 0.2) is 42.5 Å². The van der Waals surface area contributed by atoms with Gasteiger partial charge in [0.25, 0.3) is 5.91 Å². The normalized spacial score (nSPS) is 13.0. The van der Waals surface area contributed by atoms with Crippen molar-refractivity contribution in [1.29, 1.82) is 0 Å². The molecule has 0 fully saturated rings. The third-order valence-electron chi connectivity index (χ3n) is 5.88. The molecule has 0 aliphatic carbocycles. The number of hydrogen-bond donors (Lipinski definition) is 3. The van der Waals surface area contributed by atoms with Gasteiger partial charge in [-0.25, -0.2) is 4.79 Å². The number of anilines is 1. The summed E-state index contributed by atoms with van der Waals surface area (Å²) >= 11 is 6.38. The van der Waals surface area contributed by atoms with Gasteiger partial charge in [-0.1, -0.05) is 63.1 Å². The molecule has 38 heavy (non-hydrogen) atoms. The van der Waals surface area contributed by atoms with Crippen molar-refractivity contribution >= 4 is 35.2 Å². The zero-order valence-corrected chi connectivity index (χ0v) is 24.1. The molecular formula is C29H40ClN3O5. The highest BCUT2D eigenvalue weighted by Gasteiger charge is 2.37. The van der Waals surface area contributed by atoms with Crippen LogP contribution in [0.3, 0.4) is 0 Å². The SMILES string of the molecule is CCCCN(C(=O)C(NC(=O)OC(C)(C)C)C(C)C)C(C(=O)Nc1c(C)cccc1Cl)c1ccc(O)cc1. The van der Waals surface area contributed by atoms with Crippen LogP contribution in [0.5, 0.6) is 5.75 Å². The minimum Gasteiger partial charge on any atom is -0.508 e. The molecule has 3 amide bonds. The van der Waals surface area contributed by atoms with Crippen LogP contribution in [0.2, 0.25) is 5.02 Å². The zero-order valence-electron chi connectivity index (χ0n) is 23.3. The van der Waals surface area contributed by atoms with Crippen molar-refractivity contribution in [2.75, 3.05) is 11.9 Å². The van der Waals surface area contributed by atoms with Crippen LogP contribution in [0.1, 0.15) is 71.6 Å². The van der Waals surface area contributed by atoms with Gasteiger partial charge < -0.3 is 25.4 Å². The van der Waals surface area contributed by atoms with Crippen LogP contribution in [0.25, 0.3) is 0 Å². The monoisotopic (exact) mass is 545 g/mol. The van der Waals surface area contributed by atoms with E-state index >= 15 is 0 Å². The molecule has 2 aromatic rings. The minimum absolute atomic E-state index is 0.0351. The third-order valence-corrected chi connectivity index (χ3v) is 6.19. The standard InChI is InChI=1S/C29H40ClN3O5/c1-8-9-17-33(27(36)23(18(2)3)32-28(37)38-29(5,6)7)25(20-13-15-21(34)16-14-20)26(35)31-24-19(4)11-10-12-22(24)30/h10-16,18,23,25,34H,8-9,17H2,1-7H3,(H,31,35)(H,32,37). The van der Waals surface area contributed by atoms with E-state index in [4.69, 9.17) is 16.3 Å². The predicted octanol–water partition coefficient (Wildman–Crippen LogP) is 6.21. The molecule has 2 rings (SSSR count). The van der Waals surface area contributed by atoms with Crippen molar-refractivity contribution in [3.8, 4) is 5.75 Å². The second-order valence-corrected chi connectivity index (χ2v) is 11.1. The van der Waals surface area contributed by atoms with Gasteiger partial charge >= 0.3 is 6.09 Å². The molecule has 0 saturated carbocycles. The van der Waals surface area contributed by atoms with Gasteiger partial charge in [-0.2, -0.15) is 0 Å². The van der Waals surface area contributed by atoms with Crippen molar-refractivity contribution in [3.05, 3.63) is 58.6 Å². The average molecular weight is 546 g/mol. The topological polar surface area (TPSA) is 108 Å². The number of unbranched alkanes of at least 4 members (excludes halogenated alkanes) is 1. The van der Waals surface area contributed by atoms with Crippen LogP contribution in [0.4, 0.5) is 10.5 Å². The van der Waals surface area contributed by atoms with E-state index in [1.807, 2.05) is 33.8 Å². The molecule has 0 spiro atoms. The van der Waals surface area contributed by atoms with Crippen LogP contribution < -0.4 is 10.6 Å². The lowest BCUT2D eigenvalue weighted by Gasteiger charge is -2.35. The van der Waals surface area contributed by atoms with Gasteiger partial charge in [0.05, 0.1) is 10.7 Å². The minimum atomic E-state index is -1.05. The van der Waals surface area contributed by atoms with Gasteiger partial charge in [-0.05, 0) is 69.4 Å². The van der Waals surface area contributed by atoms with Gasteiger partial charge in [-0.15, -0.1) is 0 Å². The van der Waals surface area contributed by atoms with Crippen LogP contribution in [0, 0.1) is 12.8 Å². The number of para-hydroxylation sites is 1. The first-order chi connectivity index (χ1) is 17.7. The van der Waals surface area contributed by atoms with Gasteiger partial charge in [0.1, 0.15) is 23.4 Å². The number of ether oxygens (including phenoxy) is 1. The molecule has 2 unspecified atom stereocenters. The molecule has 2 aromatic carbocycles. The Hall–Kier alpha value is -3.26. The van der Waals surface area contributed by atoms with E-state index in [2.05, 4.69) is 10.6 Å². The number of alkyl carbamates (subject to hydrolysis) is 1. The lowest BCUT2D eigenvalue weighted by Crippen LogP contribution is -2.54. The van der Waals surface area contributed by atoms with Gasteiger partial charge in [-0.3, -0.25) is 9.59 Å². The maximum Gasteiger partial charge on any atom is 0.408 e. The maximum absolute atomic E-state index is 14.1. The second kappa shape index (κ2) is 13.5. The fourth-order valence-corrected chi connectivity index (χ4v) is 4.20. The summed E-state index contributed by atoms with van der Waals surface area (Å²) in [6.07, 6.45) is 0.705. The number of aryl methyl sites for hydroxylation is 1. The highest BCUT2D eigenvalue weighted by atomic mass is 35.5. The Morgan fingerprint density at radius 3 is 2.24 bits per heavy atom. The third kappa shape index (κ3) is 8.65. The van der Waals surface area contributed by atoms with E-state index in [0.29, 0.717) is 22.7 Å². The number of aromatic hydroxyl groups is 1. The average Bonchev–Trinajstić information content (AvgIpc) is 2.81. The Bertz CT molecular complexity index is 1090. The van der Waals surface area contributed by atoms with Crippen molar-refractivity contribution in [2.24, 2.45) is 5.92 Å². The Kier molecular flexibility index (Phi) is 11.0. The smallest absolute Gasteiger partial charge is 0.408 e. The molecule has 0 aliphatic rings. The summed E-state index contributed by atoms with van der Waals surface area (Å²) in [5.41, 5.74) is 0.999. The summed E-state index contributed by atoms with van der Waals surface area (Å²) in [6, 6.07) is 9.47. The molecule has 208 valence electrons. The van der Waals surface area contributed by atoms with Crippen molar-refractivity contribution < 1.29 is 24.2 Å². The fourth-order valence-electron chi connectivity index (χ4n) is 3.93. The van der Waals surface area contributed by atoms with E-state index < -0.39 is 35.6 Å². The number of nitrogens with one attached hydrogen (secondary N) is 2. The quantitative estimate of drug-likeness (QED) is 0.329. The van der Waals surface area contributed by atoms with Crippen molar-refractivity contribution in [2.45, 2.75) is 79.0 Å². The van der Waals surface area contributed by atoms with E-state index in [9.17, 15) is 19.5 Å². The number of carbonyl (C=O) groups excluding carboxylic acids is 3. The number of rotatable bonds is 10. The Labute approximate surface area is 230 Å². The Balaban J connectivity index is 2.54. The van der Waals surface area contributed by atoms with E-state index in [0.717, 1.165) is 12.0 Å². The molecule has 0 radical (unpaired) electrons. The number of halogens is 1. The molecule has 0 heterocycles. The molecule has 9 heteroatoms. The summed E-state index contributed by atoms with van der Waals surface area (Å²) in [4.78, 5) is 42.0. The maximum atomic E-state index is 14.1. The first kappa shape index (κ1) is 31.0. The number of carbonyl (C=O) groups is 3. The van der Waals surface area contributed by atoms with Crippen LogP contribution in [-0.4, -0.2) is 46.1 Å². The first-order valence-electron chi connectivity index (χ1n) is 12.9. The molecule has 0 saturated heterocycles. The highest BCUT2D eigenvalue weighted by Crippen LogP contribution is 2.30. The molecule has 0 aliphatic heterocycles. The second-order valence-electron chi connectivity index (χ2n) is 10.7. The summed E-state index contributed by atoms with van der Waals surface area (Å²) in [6.45, 7) is 13.0. The van der Waals surface area contributed by atoms with E-state index in [1.165, 1.54) is 17.0 Å². The van der Waals surface area contributed by atoms with Crippen LogP contribution >= 0.6 is 11.6 Å². The van der Waals surface area contributed by atoms with Crippen LogP contribution in [-0.2, 0) is 14.3 Å². The number of nitrogens with zero attached hydrogens (tertiary/aromatic N) is 1. The molecule has 8 nitrogen and oxygen atoms in total. The Morgan fingerprint density at radius 2 is 1.71 bits per heavy atom. The molecule has 0 bridgehead atoms. The van der Waals surface area contributed by atoms with E-state index in [-0.39, 0.29) is 18.2 Å². The first-order valence-corrected chi connectivity index (χ1v) is 13.3. The van der Waals surface area contributed by atoms with Gasteiger partial charge in [0.2, 0.25) is 5.91 Å². The number of amides is 3. The molecular weight excluding hydrogens is 506 g/mol. The number of hydrogen-bond acceptors (Lipinski definition) is 5. The van der Waals surface area contributed by atoms with Gasteiger partial charge in [0, 0.05) is 6.54 Å². The fraction of sp³-hybridized carbons (Fsp3) is 0.483. The molecule has 2 atom stereocenters. The molecule has 0 aromatic heterocycles. The lowest BCUT2D eigenvalue weighted by atomic mass is 9.98. The van der Waals surface area contributed by atoms with E-state index in [1.54, 1.807) is 45.0 Å². The van der Waals surface area contributed by atoms with Crippen molar-refractivity contribution in [1.82, 2.24) is 10.2 Å². The number of phenols is 1. The molecule has 3 N–H and O–H groups in total. The summed E-state index contributed by atoms with van der Waals surface area (Å²) < 4.78 is 5.40. The Morgan fingerprint density at radius 1 is 1.08 bits per heavy atom.